The molecule has 3 heteroatoms. The Balaban J connectivity index is 1.77. The zero-order valence-corrected chi connectivity index (χ0v) is 16.9. The van der Waals surface area contributed by atoms with Gasteiger partial charge in [-0.3, -0.25) is 9.79 Å². The van der Waals surface area contributed by atoms with Gasteiger partial charge in [0.2, 0.25) is 0 Å². The van der Waals surface area contributed by atoms with E-state index in [9.17, 15) is 9.90 Å². The molecule has 1 aliphatic rings. The number of carbonyl (C=O) groups excluding carboxylic acids is 1. The first kappa shape index (κ1) is 19.1. The zero-order valence-electron chi connectivity index (χ0n) is 16.9. The summed E-state index contributed by atoms with van der Waals surface area (Å²) < 4.78 is 0. The van der Waals surface area contributed by atoms with Crippen LogP contribution in [0.4, 0.5) is 5.69 Å². The molecule has 0 amide bonds. The summed E-state index contributed by atoms with van der Waals surface area (Å²) in [6.45, 7) is 4.15. The number of carbonyl (C=O) groups is 1. The van der Waals surface area contributed by atoms with Crippen LogP contribution in [0.1, 0.15) is 32.3 Å². The van der Waals surface area contributed by atoms with Crippen molar-refractivity contribution in [1.82, 2.24) is 0 Å². The molecule has 29 heavy (non-hydrogen) atoms. The fraction of sp³-hybridized carbons (Fsp3) is 0.231. The molecule has 0 heterocycles. The minimum absolute atomic E-state index is 0.0331. The third-order valence-electron chi connectivity index (χ3n) is 5.35. The SMILES string of the molecule is CC1(C)CC(=O)/C(=C(/O)Cc2ccccc2)C(=Nc2ccc3ccccc3c2)C1. The second-order valence-electron chi connectivity index (χ2n) is 8.51. The first-order valence-electron chi connectivity index (χ1n) is 9.97. The number of nitrogens with zero attached hydrogens (tertiary/aromatic N) is 1. The number of hydrogen-bond acceptors (Lipinski definition) is 3. The Kier molecular flexibility index (Phi) is 5.06. The molecule has 1 N–H and O–H groups in total. The Morgan fingerprint density at radius 1 is 0.931 bits per heavy atom. The lowest BCUT2D eigenvalue weighted by Gasteiger charge is -2.31. The van der Waals surface area contributed by atoms with Crippen LogP contribution in [0.15, 0.2) is 89.1 Å². The van der Waals surface area contributed by atoms with Gasteiger partial charge in [-0.2, -0.15) is 0 Å². The maximum atomic E-state index is 13.0. The molecule has 0 spiro atoms. The van der Waals surface area contributed by atoms with Crippen LogP contribution in [0, 0.1) is 5.41 Å². The quantitative estimate of drug-likeness (QED) is 0.423. The van der Waals surface area contributed by atoms with Gasteiger partial charge in [0.1, 0.15) is 5.76 Å². The molecule has 0 atom stereocenters. The summed E-state index contributed by atoms with van der Waals surface area (Å²) in [4.78, 5) is 17.8. The van der Waals surface area contributed by atoms with E-state index in [1.54, 1.807) is 0 Å². The lowest BCUT2D eigenvalue weighted by molar-refractivity contribution is -0.117. The minimum Gasteiger partial charge on any atom is -0.511 e. The molecule has 0 bridgehead atoms. The van der Waals surface area contributed by atoms with Crippen molar-refractivity contribution >= 4 is 28.0 Å². The first-order chi connectivity index (χ1) is 13.9. The van der Waals surface area contributed by atoms with Gasteiger partial charge in [-0.15, -0.1) is 0 Å². The van der Waals surface area contributed by atoms with E-state index < -0.39 is 0 Å². The normalized spacial score (nSPS) is 19.5. The van der Waals surface area contributed by atoms with Crippen LogP contribution >= 0.6 is 0 Å². The first-order valence-corrected chi connectivity index (χ1v) is 9.97. The maximum absolute atomic E-state index is 13.0. The Hall–Kier alpha value is -3.20. The summed E-state index contributed by atoms with van der Waals surface area (Å²) in [5.41, 5.74) is 2.66. The van der Waals surface area contributed by atoms with Crippen LogP contribution in [-0.4, -0.2) is 16.6 Å². The van der Waals surface area contributed by atoms with Gasteiger partial charge in [0.25, 0.3) is 0 Å². The molecule has 1 aliphatic carbocycles. The van der Waals surface area contributed by atoms with Crippen LogP contribution in [0.5, 0.6) is 0 Å². The van der Waals surface area contributed by atoms with Gasteiger partial charge < -0.3 is 5.11 Å². The van der Waals surface area contributed by atoms with Gasteiger partial charge in [-0.25, -0.2) is 0 Å². The van der Waals surface area contributed by atoms with E-state index in [0.717, 1.165) is 22.0 Å². The molecule has 1 saturated carbocycles. The van der Waals surface area contributed by atoms with E-state index in [0.29, 0.717) is 30.5 Å². The topological polar surface area (TPSA) is 49.7 Å². The third kappa shape index (κ3) is 4.29. The maximum Gasteiger partial charge on any atom is 0.168 e. The fourth-order valence-electron chi connectivity index (χ4n) is 3.99. The van der Waals surface area contributed by atoms with Crippen LogP contribution in [0.25, 0.3) is 10.8 Å². The van der Waals surface area contributed by atoms with Gasteiger partial charge in [0, 0.05) is 12.8 Å². The zero-order chi connectivity index (χ0) is 20.4. The molecule has 0 unspecified atom stereocenters. The summed E-state index contributed by atoms with van der Waals surface area (Å²) in [6.07, 6.45) is 1.40. The van der Waals surface area contributed by atoms with Crippen molar-refractivity contribution in [2.75, 3.05) is 0 Å². The van der Waals surface area contributed by atoms with Crippen LogP contribution < -0.4 is 0 Å². The van der Waals surface area contributed by atoms with Crippen molar-refractivity contribution in [3.8, 4) is 0 Å². The molecule has 4 rings (SSSR count). The van der Waals surface area contributed by atoms with Gasteiger partial charge >= 0.3 is 0 Å². The predicted molar refractivity (Wildman–Crippen MR) is 119 cm³/mol. The van der Waals surface area contributed by atoms with E-state index in [1.807, 2.05) is 60.7 Å². The number of hydrogen-bond donors (Lipinski definition) is 1. The molecule has 0 aromatic heterocycles. The molecule has 1 fully saturated rings. The number of aliphatic hydroxyl groups is 1. The van der Waals surface area contributed by atoms with E-state index in [4.69, 9.17) is 4.99 Å². The van der Waals surface area contributed by atoms with Gasteiger partial charge in [0.05, 0.1) is 17.0 Å². The Bertz CT molecular complexity index is 1120. The Labute approximate surface area is 171 Å². The molecule has 3 aromatic rings. The monoisotopic (exact) mass is 383 g/mol. The minimum atomic E-state index is -0.177. The number of Topliss-reactive ketones (excluding diaryl/α,β-unsaturated/α-hetero) is 1. The van der Waals surface area contributed by atoms with Crippen LogP contribution in [0.2, 0.25) is 0 Å². The summed E-state index contributed by atoms with van der Waals surface area (Å²) in [5, 5.41) is 13.1. The van der Waals surface area contributed by atoms with Crippen molar-refractivity contribution < 1.29 is 9.90 Å². The van der Waals surface area contributed by atoms with Crippen LogP contribution in [0.3, 0.4) is 0 Å². The second-order valence-corrected chi connectivity index (χ2v) is 8.51. The van der Waals surface area contributed by atoms with Gasteiger partial charge in [0.15, 0.2) is 5.78 Å². The number of allylic oxidation sites excluding steroid dienone is 2. The van der Waals surface area contributed by atoms with Crippen LogP contribution in [-0.2, 0) is 11.2 Å². The third-order valence-corrected chi connectivity index (χ3v) is 5.35. The van der Waals surface area contributed by atoms with E-state index >= 15 is 0 Å². The molecular weight excluding hydrogens is 358 g/mol. The Morgan fingerprint density at radius 3 is 2.38 bits per heavy atom. The molecular formula is C26H25NO2. The number of rotatable bonds is 3. The van der Waals surface area contributed by atoms with E-state index in [1.165, 1.54) is 0 Å². The molecule has 0 aliphatic heterocycles. The molecule has 3 aromatic carbocycles. The van der Waals surface area contributed by atoms with Crippen molar-refractivity contribution in [2.24, 2.45) is 10.4 Å². The Morgan fingerprint density at radius 2 is 1.62 bits per heavy atom. The summed E-state index contributed by atoms with van der Waals surface area (Å²) in [6, 6.07) is 23.9. The predicted octanol–water partition coefficient (Wildman–Crippen LogP) is 6.36. The molecule has 146 valence electrons. The number of aliphatic imine (C=N–C) groups is 1. The standard InChI is InChI=1S/C26H25NO2/c1-26(2)16-22(27-21-13-12-19-10-6-7-11-20(19)15-21)25(24(29)17-26)23(28)14-18-8-4-3-5-9-18/h3-13,15,28H,14,16-17H2,1-2H3/b25-23+,27-22?. The fourth-order valence-corrected chi connectivity index (χ4v) is 3.99. The van der Waals surface area contributed by atoms with Crippen molar-refractivity contribution in [2.45, 2.75) is 33.1 Å². The molecule has 0 saturated heterocycles. The lowest BCUT2D eigenvalue weighted by atomic mass is 9.73. The number of aliphatic hydroxyl groups excluding tert-OH is 1. The highest BCUT2D eigenvalue weighted by Gasteiger charge is 2.36. The van der Waals surface area contributed by atoms with E-state index in [-0.39, 0.29) is 17.0 Å². The summed E-state index contributed by atoms with van der Waals surface area (Å²) >= 11 is 0. The van der Waals surface area contributed by atoms with Gasteiger partial charge in [-0.05, 0) is 40.3 Å². The van der Waals surface area contributed by atoms with Crippen molar-refractivity contribution in [3.05, 3.63) is 89.7 Å². The number of benzene rings is 3. The average Bonchev–Trinajstić information content (AvgIpc) is 2.67. The molecule has 3 nitrogen and oxygen atoms in total. The van der Waals surface area contributed by atoms with Crippen molar-refractivity contribution in [1.29, 1.82) is 0 Å². The summed E-state index contributed by atoms with van der Waals surface area (Å²) in [5.74, 6) is 0.0745. The number of ketones is 1. The molecule has 0 radical (unpaired) electrons. The number of fused-ring (bicyclic) bond motifs is 1. The highest BCUT2D eigenvalue weighted by Crippen LogP contribution is 2.37. The largest absolute Gasteiger partial charge is 0.511 e. The highest BCUT2D eigenvalue weighted by molar-refractivity contribution is 6.25. The van der Waals surface area contributed by atoms with Gasteiger partial charge in [-0.1, -0.05) is 74.5 Å². The van der Waals surface area contributed by atoms with E-state index in [2.05, 4.69) is 26.0 Å². The second kappa shape index (κ2) is 7.67. The smallest absolute Gasteiger partial charge is 0.168 e. The summed E-state index contributed by atoms with van der Waals surface area (Å²) in [7, 11) is 0. The lowest BCUT2D eigenvalue weighted by Crippen LogP contribution is -2.32. The average molecular weight is 383 g/mol. The highest BCUT2D eigenvalue weighted by atomic mass is 16.3. The van der Waals surface area contributed by atoms with Crippen molar-refractivity contribution in [3.63, 3.8) is 0 Å².